The maximum atomic E-state index is 14.1. The van der Waals surface area contributed by atoms with E-state index < -0.39 is 0 Å². The Morgan fingerprint density at radius 3 is 2.44 bits per heavy atom. The summed E-state index contributed by atoms with van der Waals surface area (Å²) in [5, 5.41) is 9.66. The van der Waals surface area contributed by atoms with Gasteiger partial charge in [-0.3, -0.25) is 4.79 Å². The van der Waals surface area contributed by atoms with Gasteiger partial charge in [0.1, 0.15) is 0 Å². The first-order valence-corrected chi connectivity index (χ1v) is 13.9. The van der Waals surface area contributed by atoms with Gasteiger partial charge >= 0.3 is 0 Å². The second-order valence-corrected chi connectivity index (χ2v) is 13.1. The second kappa shape index (κ2) is 7.61. The number of halogens is 2. The highest BCUT2D eigenvalue weighted by Gasteiger charge is 2.60. The Balaban J connectivity index is 1.37. The van der Waals surface area contributed by atoms with Gasteiger partial charge in [0.05, 0.1) is 16.4 Å². The van der Waals surface area contributed by atoms with E-state index in [1.54, 1.807) is 6.07 Å². The van der Waals surface area contributed by atoms with Gasteiger partial charge in [-0.05, 0) is 78.2 Å². The lowest BCUT2D eigenvalue weighted by Gasteiger charge is -2.43. The molecular formula is C30H31Cl2N3O. The van der Waals surface area contributed by atoms with Gasteiger partial charge in [0.2, 0.25) is 0 Å². The van der Waals surface area contributed by atoms with Gasteiger partial charge in [-0.15, -0.1) is 0 Å². The molecule has 3 aromatic rings. The molecule has 5 aliphatic rings. The van der Waals surface area contributed by atoms with E-state index in [1.807, 2.05) is 16.8 Å². The van der Waals surface area contributed by atoms with Crippen molar-refractivity contribution in [1.82, 2.24) is 15.1 Å². The summed E-state index contributed by atoms with van der Waals surface area (Å²) < 4.78 is 1.93. The fourth-order valence-electron chi connectivity index (χ4n) is 8.36. The van der Waals surface area contributed by atoms with Gasteiger partial charge in [-0.1, -0.05) is 68.2 Å². The molecule has 1 amide bonds. The predicted octanol–water partition coefficient (Wildman–Crippen LogP) is 7.49. The maximum absolute atomic E-state index is 14.1. The van der Waals surface area contributed by atoms with Crippen LogP contribution in [-0.4, -0.2) is 21.7 Å². The molecule has 0 saturated heterocycles. The van der Waals surface area contributed by atoms with Crippen molar-refractivity contribution in [1.29, 1.82) is 0 Å². The van der Waals surface area contributed by atoms with Crippen LogP contribution in [-0.2, 0) is 0 Å². The first-order chi connectivity index (χ1) is 17.2. The average Bonchev–Trinajstić information content (AvgIpc) is 3.50. The zero-order valence-corrected chi connectivity index (χ0v) is 22.5. The Hall–Kier alpha value is -2.30. The molecule has 1 heterocycles. The van der Waals surface area contributed by atoms with E-state index in [4.69, 9.17) is 28.3 Å². The number of hydrogen-bond acceptors (Lipinski definition) is 2. The molecule has 186 valence electrons. The highest BCUT2D eigenvalue weighted by Crippen LogP contribution is 2.62. The highest BCUT2D eigenvalue weighted by molar-refractivity contribution is 6.35. The fourth-order valence-corrected chi connectivity index (χ4v) is 8.85. The average molecular weight is 521 g/mol. The molecule has 2 fully saturated rings. The monoisotopic (exact) mass is 519 g/mol. The molecule has 1 N–H and O–H groups in total. The van der Waals surface area contributed by atoms with E-state index in [0.29, 0.717) is 21.7 Å². The number of benzene rings is 2. The summed E-state index contributed by atoms with van der Waals surface area (Å²) in [7, 11) is 0. The molecule has 8 rings (SSSR count). The number of fused-ring (bicyclic) bond motifs is 3. The number of nitrogens with zero attached hydrogens (tertiary/aromatic N) is 2. The topological polar surface area (TPSA) is 46.9 Å². The Morgan fingerprint density at radius 2 is 1.75 bits per heavy atom. The lowest BCUT2D eigenvalue weighted by molar-refractivity contribution is 0.0731. The minimum atomic E-state index is -0.0491. The Morgan fingerprint density at radius 1 is 1.03 bits per heavy atom. The molecule has 5 unspecified atom stereocenters. The third-order valence-electron chi connectivity index (χ3n) is 10.0. The van der Waals surface area contributed by atoms with Gasteiger partial charge in [-0.25, -0.2) is 4.68 Å². The van der Waals surface area contributed by atoms with Crippen molar-refractivity contribution in [2.24, 2.45) is 16.7 Å². The maximum Gasteiger partial charge on any atom is 0.272 e. The number of amides is 1. The van der Waals surface area contributed by atoms with Gasteiger partial charge in [-0.2, -0.15) is 5.10 Å². The summed E-state index contributed by atoms with van der Waals surface area (Å²) in [6.45, 7) is 7.01. The summed E-state index contributed by atoms with van der Waals surface area (Å²) in [6.07, 6.45) is 5.70. The summed E-state index contributed by atoms with van der Waals surface area (Å²) in [5.74, 6) is 0.978. The van der Waals surface area contributed by atoms with Crippen molar-refractivity contribution in [3.05, 3.63) is 80.6 Å². The Labute approximate surface area is 222 Å². The van der Waals surface area contributed by atoms with Crippen molar-refractivity contribution in [3.63, 3.8) is 0 Å². The second-order valence-electron chi connectivity index (χ2n) is 12.3. The largest absolute Gasteiger partial charge is 0.347 e. The van der Waals surface area contributed by atoms with Gasteiger partial charge < -0.3 is 5.32 Å². The summed E-state index contributed by atoms with van der Waals surface area (Å²) in [5.41, 5.74) is 6.44. The molecule has 2 aromatic carbocycles. The molecule has 0 radical (unpaired) electrons. The number of carbonyl (C=O) groups is 1. The summed E-state index contributed by atoms with van der Waals surface area (Å²) in [6, 6.07) is 14.3. The summed E-state index contributed by atoms with van der Waals surface area (Å²) >= 11 is 12.9. The molecule has 5 aliphatic carbocycles. The van der Waals surface area contributed by atoms with Crippen LogP contribution in [0.1, 0.15) is 97.6 Å². The van der Waals surface area contributed by atoms with Crippen molar-refractivity contribution in [3.8, 4) is 5.69 Å². The molecule has 6 heteroatoms. The van der Waals surface area contributed by atoms with Crippen LogP contribution in [0.5, 0.6) is 0 Å². The van der Waals surface area contributed by atoms with Crippen LogP contribution in [0.4, 0.5) is 0 Å². The number of aromatic nitrogens is 2. The molecule has 0 spiro atoms. The normalized spacial score (nSPS) is 30.8. The fraction of sp³-hybridized carbons (Fsp3) is 0.467. The van der Waals surface area contributed by atoms with E-state index in [2.05, 4.69) is 50.4 Å². The Kier molecular flexibility index (Phi) is 4.83. The quantitative estimate of drug-likeness (QED) is 0.389. The zero-order valence-electron chi connectivity index (χ0n) is 20.9. The van der Waals surface area contributed by atoms with Crippen LogP contribution in [0.3, 0.4) is 0 Å². The lowest BCUT2D eigenvalue weighted by Crippen LogP contribution is -2.52. The molecule has 2 saturated carbocycles. The van der Waals surface area contributed by atoms with Gasteiger partial charge in [0.15, 0.2) is 5.69 Å². The van der Waals surface area contributed by atoms with Crippen molar-refractivity contribution in [2.45, 2.75) is 70.8 Å². The summed E-state index contributed by atoms with van der Waals surface area (Å²) in [4.78, 5) is 14.1. The van der Waals surface area contributed by atoms with E-state index >= 15 is 0 Å². The van der Waals surface area contributed by atoms with Crippen LogP contribution >= 0.6 is 23.2 Å². The van der Waals surface area contributed by atoms with Crippen LogP contribution in [0.25, 0.3) is 5.69 Å². The van der Waals surface area contributed by atoms with Crippen molar-refractivity contribution >= 4 is 29.1 Å². The minimum absolute atomic E-state index is 0.0491. The van der Waals surface area contributed by atoms with Crippen LogP contribution in [0.2, 0.25) is 10.0 Å². The standard InChI is InChI=1S/C30H31Cl2N3O/c1-29(2)16-12-13-30(3,15-16)28(29)33-27(36)25-24-20-9-10-21(19-7-5-4-6-18(19)20)26(24)35(34-25)23-11-8-17(31)14-22(23)32/h4-8,11,14,16,20-21,28H,9-10,12-13,15H2,1-3H3,(H,33,36). The third kappa shape index (κ3) is 3.01. The van der Waals surface area contributed by atoms with Gasteiger partial charge in [0, 0.05) is 28.5 Å². The third-order valence-corrected chi connectivity index (χ3v) is 10.6. The molecular weight excluding hydrogens is 489 g/mol. The van der Waals surface area contributed by atoms with E-state index in [0.717, 1.165) is 29.8 Å². The van der Waals surface area contributed by atoms with Gasteiger partial charge in [0.25, 0.3) is 5.91 Å². The van der Waals surface area contributed by atoms with E-state index in [-0.39, 0.29) is 34.6 Å². The van der Waals surface area contributed by atoms with Crippen molar-refractivity contribution in [2.75, 3.05) is 0 Å². The van der Waals surface area contributed by atoms with Crippen molar-refractivity contribution < 1.29 is 4.79 Å². The minimum Gasteiger partial charge on any atom is -0.347 e. The number of nitrogens with one attached hydrogen (secondary N) is 1. The van der Waals surface area contributed by atoms with E-state index in [1.165, 1.54) is 30.4 Å². The zero-order chi connectivity index (χ0) is 25.0. The smallest absolute Gasteiger partial charge is 0.272 e. The number of carbonyl (C=O) groups excluding carboxylic acids is 1. The lowest BCUT2D eigenvalue weighted by atomic mass is 9.65. The molecule has 4 nitrogen and oxygen atoms in total. The first-order valence-electron chi connectivity index (χ1n) is 13.2. The molecule has 36 heavy (non-hydrogen) atoms. The van der Waals surface area contributed by atoms with Crippen LogP contribution in [0, 0.1) is 16.7 Å². The van der Waals surface area contributed by atoms with E-state index in [9.17, 15) is 4.79 Å². The van der Waals surface area contributed by atoms with Crippen LogP contribution in [0.15, 0.2) is 42.5 Å². The molecule has 1 aromatic heterocycles. The first kappa shape index (κ1) is 22.9. The SMILES string of the molecule is CC12CCC(C1)C(C)(C)C2NC(=O)c1nn(-c2ccc(Cl)cc2Cl)c2c1C1CCC2c2ccccc21. The Bertz CT molecular complexity index is 1420. The molecule has 0 aliphatic heterocycles. The highest BCUT2D eigenvalue weighted by atomic mass is 35.5. The van der Waals surface area contributed by atoms with Crippen LogP contribution < -0.4 is 5.32 Å². The molecule has 5 atom stereocenters. The molecule has 4 bridgehead atoms. The predicted molar refractivity (Wildman–Crippen MR) is 143 cm³/mol. The number of hydrogen-bond donors (Lipinski definition) is 1. The number of rotatable bonds is 3.